The van der Waals surface area contributed by atoms with Crippen LogP contribution in [-0.4, -0.2) is 75.9 Å². The fraction of sp³-hybridized carbons (Fsp3) is 0.400. The van der Waals surface area contributed by atoms with E-state index < -0.39 is 23.7 Å². The molecule has 1 aliphatic heterocycles. The lowest BCUT2D eigenvalue weighted by molar-refractivity contribution is 0.0891. The Hall–Kier alpha value is -3.90. The van der Waals surface area contributed by atoms with Gasteiger partial charge in [-0.3, -0.25) is 14.6 Å². The molecule has 0 aliphatic carbocycles. The molecule has 3 aromatic rings. The number of hydrogen-bond donors (Lipinski definition) is 3. The van der Waals surface area contributed by atoms with E-state index in [-0.39, 0.29) is 23.8 Å². The van der Waals surface area contributed by atoms with Gasteiger partial charge in [0.2, 0.25) is 0 Å². The van der Waals surface area contributed by atoms with Gasteiger partial charge in [0.1, 0.15) is 5.82 Å². The first kappa shape index (κ1) is 26.2. The second-order valence-electron chi connectivity index (χ2n) is 9.14. The molecule has 0 radical (unpaired) electrons. The predicted molar refractivity (Wildman–Crippen MR) is 134 cm³/mol. The van der Waals surface area contributed by atoms with Crippen LogP contribution in [0.25, 0.3) is 5.69 Å². The summed E-state index contributed by atoms with van der Waals surface area (Å²) < 4.78 is 21.0. The van der Waals surface area contributed by atoms with Crippen LogP contribution in [0.5, 0.6) is 0 Å². The Bertz CT molecular complexity index is 1270. The topological polar surface area (TPSA) is 134 Å². The number of halogens is 1. The molecule has 1 aliphatic rings. The van der Waals surface area contributed by atoms with Crippen molar-refractivity contribution < 1.29 is 23.8 Å². The number of carbonyl (C=O) groups excluding carboxylic acids is 2. The number of aliphatic hydroxyl groups is 1. The summed E-state index contributed by atoms with van der Waals surface area (Å²) in [7, 11) is 0. The van der Waals surface area contributed by atoms with Crippen molar-refractivity contribution in [3.63, 3.8) is 0 Å². The number of pyridine rings is 1. The number of ether oxygens (including phenoxy) is 1. The maximum Gasteiger partial charge on any atom is 0.273 e. The number of aromatic nitrogens is 4. The van der Waals surface area contributed by atoms with Crippen LogP contribution in [0, 0.1) is 18.7 Å². The third-order valence-electron chi connectivity index (χ3n) is 6.13. The Kier molecular flexibility index (Phi) is 8.09. The summed E-state index contributed by atoms with van der Waals surface area (Å²) in [5, 5.41) is 22.9. The Morgan fingerprint density at radius 2 is 1.92 bits per heavy atom. The van der Waals surface area contributed by atoms with Crippen molar-refractivity contribution in [3.05, 3.63) is 59.4 Å². The van der Waals surface area contributed by atoms with Crippen LogP contribution < -0.4 is 15.5 Å². The minimum Gasteiger partial charge on any atom is -0.394 e. The van der Waals surface area contributed by atoms with Gasteiger partial charge in [-0.2, -0.15) is 0 Å². The van der Waals surface area contributed by atoms with E-state index in [4.69, 9.17) is 4.74 Å². The largest absolute Gasteiger partial charge is 0.394 e. The minimum atomic E-state index is -0.508. The van der Waals surface area contributed by atoms with Crippen molar-refractivity contribution in [2.24, 2.45) is 5.92 Å². The van der Waals surface area contributed by atoms with Gasteiger partial charge in [-0.05, 0) is 37.1 Å². The summed E-state index contributed by atoms with van der Waals surface area (Å²) in [4.78, 5) is 31.8. The second kappa shape index (κ2) is 11.4. The molecule has 1 fully saturated rings. The molecule has 37 heavy (non-hydrogen) atoms. The second-order valence-corrected chi connectivity index (χ2v) is 9.14. The first-order valence-corrected chi connectivity index (χ1v) is 12.0. The van der Waals surface area contributed by atoms with Crippen molar-refractivity contribution in [3.8, 4) is 5.69 Å². The molecule has 2 aromatic heterocycles. The lowest BCUT2D eigenvalue weighted by Gasteiger charge is -2.29. The number of aliphatic hydroxyl groups excluding tert-OH is 1. The van der Waals surface area contributed by atoms with Gasteiger partial charge in [0.15, 0.2) is 5.69 Å². The SMILES string of the molecule is Cc1ncc(NC(=O)c2cc(F)cc(N3CCOCC3)c2)cc1-n1cc(C(=O)NC(CO)C(C)C)nn1. The Morgan fingerprint density at radius 3 is 2.62 bits per heavy atom. The number of morpholine rings is 1. The third kappa shape index (κ3) is 6.27. The number of anilines is 2. The van der Waals surface area contributed by atoms with Crippen molar-refractivity contribution in [1.29, 1.82) is 0 Å². The highest BCUT2D eigenvalue weighted by Gasteiger charge is 2.20. The number of nitrogens with one attached hydrogen (secondary N) is 2. The molecule has 1 atom stereocenters. The van der Waals surface area contributed by atoms with Crippen LogP contribution in [-0.2, 0) is 4.74 Å². The minimum absolute atomic E-state index is 0.0405. The van der Waals surface area contributed by atoms with Gasteiger partial charge in [0.05, 0.1) is 55.3 Å². The number of rotatable bonds is 8. The molecule has 0 saturated carbocycles. The molecule has 3 heterocycles. The Labute approximate surface area is 213 Å². The molecule has 0 spiro atoms. The van der Waals surface area contributed by atoms with Gasteiger partial charge >= 0.3 is 0 Å². The molecule has 0 bridgehead atoms. The van der Waals surface area contributed by atoms with Crippen LogP contribution in [0.3, 0.4) is 0 Å². The average Bonchev–Trinajstić information content (AvgIpc) is 3.38. The van der Waals surface area contributed by atoms with Gasteiger partial charge in [-0.1, -0.05) is 19.1 Å². The summed E-state index contributed by atoms with van der Waals surface area (Å²) in [5.74, 6) is -1.42. The highest BCUT2D eigenvalue weighted by Crippen LogP contribution is 2.22. The molecule has 1 unspecified atom stereocenters. The van der Waals surface area contributed by atoms with Crippen molar-refractivity contribution >= 4 is 23.2 Å². The van der Waals surface area contributed by atoms with Gasteiger partial charge in [-0.15, -0.1) is 5.10 Å². The van der Waals surface area contributed by atoms with Crippen LogP contribution in [0.2, 0.25) is 0 Å². The maximum atomic E-state index is 14.3. The molecule has 196 valence electrons. The molecule has 2 amide bonds. The lowest BCUT2D eigenvalue weighted by atomic mass is 10.1. The van der Waals surface area contributed by atoms with Crippen molar-refractivity contribution in [2.45, 2.75) is 26.8 Å². The summed E-state index contributed by atoms with van der Waals surface area (Å²) in [6, 6.07) is 5.46. The zero-order chi connectivity index (χ0) is 26.5. The van der Waals surface area contributed by atoms with Crippen LogP contribution >= 0.6 is 0 Å². The van der Waals surface area contributed by atoms with E-state index in [1.165, 1.54) is 29.2 Å². The fourth-order valence-electron chi connectivity index (χ4n) is 3.89. The van der Waals surface area contributed by atoms with Gasteiger partial charge in [0.25, 0.3) is 11.8 Å². The monoisotopic (exact) mass is 511 g/mol. The van der Waals surface area contributed by atoms with Gasteiger partial charge in [0, 0.05) is 24.3 Å². The maximum absolute atomic E-state index is 14.3. The first-order chi connectivity index (χ1) is 17.7. The molecule has 1 aromatic carbocycles. The molecule has 1 saturated heterocycles. The van der Waals surface area contributed by atoms with Gasteiger partial charge in [-0.25, -0.2) is 9.07 Å². The average molecular weight is 512 g/mol. The molecular formula is C25H30FN7O4. The summed E-state index contributed by atoms with van der Waals surface area (Å²) in [6.45, 7) is 7.66. The molecule has 12 heteroatoms. The van der Waals surface area contributed by atoms with Crippen molar-refractivity contribution in [1.82, 2.24) is 25.3 Å². The van der Waals surface area contributed by atoms with E-state index >= 15 is 0 Å². The molecule has 3 N–H and O–H groups in total. The highest BCUT2D eigenvalue weighted by molar-refractivity contribution is 6.05. The summed E-state index contributed by atoms with van der Waals surface area (Å²) >= 11 is 0. The van der Waals surface area contributed by atoms with E-state index in [1.54, 1.807) is 19.1 Å². The standard InChI is InChI=1S/C25H30FN7O4/c1-15(2)22(14-34)29-25(36)21-13-33(31-30-21)23-11-19(12-27-16(23)3)28-24(35)17-8-18(26)10-20(9-17)32-4-6-37-7-5-32/h8-13,15,22,34H,4-7,14H2,1-3H3,(H,28,35)(H,29,36). The van der Waals surface area contributed by atoms with E-state index in [1.807, 2.05) is 18.7 Å². The lowest BCUT2D eigenvalue weighted by Crippen LogP contribution is -2.41. The molecule has 11 nitrogen and oxygen atoms in total. The number of benzene rings is 1. The highest BCUT2D eigenvalue weighted by atomic mass is 19.1. The first-order valence-electron chi connectivity index (χ1n) is 12.0. The van der Waals surface area contributed by atoms with E-state index in [9.17, 15) is 19.1 Å². The Morgan fingerprint density at radius 1 is 1.16 bits per heavy atom. The van der Waals surface area contributed by atoms with Crippen LogP contribution in [0.1, 0.15) is 40.4 Å². The smallest absolute Gasteiger partial charge is 0.273 e. The van der Waals surface area contributed by atoms with Crippen LogP contribution in [0.4, 0.5) is 15.8 Å². The van der Waals surface area contributed by atoms with E-state index in [0.29, 0.717) is 49.1 Å². The molecule has 4 rings (SSSR count). The fourth-order valence-corrected chi connectivity index (χ4v) is 3.89. The van der Waals surface area contributed by atoms with E-state index in [2.05, 4.69) is 25.9 Å². The predicted octanol–water partition coefficient (Wildman–Crippen LogP) is 1.95. The number of amides is 2. The van der Waals surface area contributed by atoms with Crippen molar-refractivity contribution in [2.75, 3.05) is 43.1 Å². The zero-order valence-corrected chi connectivity index (χ0v) is 20.9. The number of carbonyl (C=O) groups is 2. The summed E-state index contributed by atoms with van der Waals surface area (Å²) in [5.41, 5.74) is 2.32. The van der Waals surface area contributed by atoms with E-state index in [0.717, 1.165) is 0 Å². The normalized spacial score (nSPS) is 14.5. The number of hydrogen-bond acceptors (Lipinski definition) is 8. The number of aryl methyl sites for hydroxylation is 1. The quantitative estimate of drug-likeness (QED) is 0.418. The van der Waals surface area contributed by atoms with Crippen LogP contribution in [0.15, 0.2) is 36.7 Å². The number of nitrogens with zero attached hydrogens (tertiary/aromatic N) is 5. The third-order valence-corrected chi connectivity index (χ3v) is 6.13. The Balaban J connectivity index is 1.51. The molecular weight excluding hydrogens is 481 g/mol. The van der Waals surface area contributed by atoms with Gasteiger partial charge < -0.3 is 25.4 Å². The summed E-state index contributed by atoms with van der Waals surface area (Å²) in [6.07, 6.45) is 2.93. The zero-order valence-electron chi connectivity index (χ0n) is 20.9.